The van der Waals surface area contributed by atoms with E-state index in [2.05, 4.69) is 23.7 Å². The van der Waals surface area contributed by atoms with Gasteiger partial charge in [0.1, 0.15) is 5.82 Å². The van der Waals surface area contributed by atoms with E-state index in [9.17, 15) is 9.18 Å². The summed E-state index contributed by atoms with van der Waals surface area (Å²) in [7, 11) is 4.15. The van der Waals surface area contributed by atoms with E-state index in [4.69, 9.17) is 5.26 Å². The SMILES string of the molecule is O=C(NNCc1cccc(F)c1)c1ccncc1.[B]C#N. The number of carbonyl (C=O) groups excluding carboxylic acids is 1. The fourth-order valence-electron chi connectivity index (χ4n) is 1.45. The molecule has 1 amide bonds. The smallest absolute Gasteiger partial charge is 0.265 e. The van der Waals surface area contributed by atoms with Crippen molar-refractivity contribution in [2.45, 2.75) is 6.54 Å². The lowest BCUT2D eigenvalue weighted by atomic mass is 10.2. The molecule has 0 saturated carbocycles. The van der Waals surface area contributed by atoms with Crippen molar-refractivity contribution in [3.05, 3.63) is 65.7 Å². The van der Waals surface area contributed by atoms with Crippen molar-refractivity contribution < 1.29 is 9.18 Å². The van der Waals surface area contributed by atoms with Crippen LogP contribution in [0.15, 0.2) is 48.8 Å². The third-order valence-electron chi connectivity index (χ3n) is 2.33. The van der Waals surface area contributed by atoms with E-state index in [0.717, 1.165) is 5.56 Å². The molecular weight excluding hydrogens is 270 g/mol. The van der Waals surface area contributed by atoms with Crippen molar-refractivity contribution in [2.24, 2.45) is 0 Å². The highest BCUT2D eigenvalue weighted by atomic mass is 19.1. The van der Waals surface area contributed by atoms with Crippen LogP contribution in [-0.4, -0.2) is 18.7 Å². The molecule has 2 N–H and O–H groups in total. The van der Waals surface area contributed by atoms with E-state index < -0.39 is 0 Å². The zero-order valence-corrected chi connectivity index (χ0v) is 11.1. The number of hydrazine groups is 1. The molecule has 1 heterocycles. The van der Waals surface area contributed by atoms with Crippen LogP contribution in [0.25, 0.3) is 0 Å². The van der Waals surface area contributed by atoms with E-state index in [1.807, 2.05) is 0 Å². The van der Waals surface area contributed by atoms with Crippen molar-refractivity contribution in [2.75, 3.05) is 0 Å². The molecule has 0 spiro atoms. The van der Waals surface area contributed by atoms with Crippen LogP contribution in [0, 0.1) is 17.0 Å². The lowest BCUT2D eigenvalue weighted by molar-refractivity contribution is 0.0932. The predicted molar refractivity (Wildman–Crippen MR) is 76.3 cm³/mol. The van der Waals surface area contributed by atoms with Gasteiger partial charge in [-0.05, 0) is 35.8 Å². The molecule has 0 bridgehead atoms. The van der Waals surface area contributed by atoms with Gasteiger partial charge in [0.15, 0.2) is 0 Å². The molecule has 0 aliphatic carbocycles. The summed E-state index contributed by atoms with van der Waals surface area (Å²) in [6, 6.07) is 9.40. The first-order chi connectivity index (χ1) is 10.2. The van der Waals surface area contributed by atoms with Gasteiger partial charge in [-0.25, -0.2) is 15.1 Å². The molecule has 0 saturated heterocycles. The van der Waals surface area contributed by atoms with Crippen LogP contribution in [0.2, 0.25) is 0 Å². The summed E-state index contributed by atoms with van der Waals surface area (Å²) >= 11 is 0. The first-order valence-electron chi connectivity index (χ1n) is 5.94. The Labute approximate surface area is 123 Å². The van der Waals surface area contributed by atoms with Crippen LogP contribution >= 0.6 is 0 Å². The molecule has 5 nitrogen and oxygen atoms in total. The van der Waals surface area contributed by atoms with Crippen LogP contribution in [0.3, 0.4) is 0 Å². The highest BCUT2D eigenvalue weighted by molar-refractivity contribution is 6.20. The molecule has 21 heavy (non-hydrogen) atoms. The third-order valence-corrected chi connectivity index (χ3v) is 2.33. The number of nitrogens with zero attached hydrogens (tertiary/aromatic N) is 2. The summed E-state index contributed by atoms with van der Waals surface area (Å²) < 4.78 is 12.9. The summed E-state index contributed by atoms with van der Waals surface area (Å²) in [4.78, 5) is 15.4. The second kappa shape index (κ2) is 9.23. The quantitative estimate of drug-likeness (QED) is 0.654. The Kier molecular flexibility index (Phi) is 7.18. The molecule has 0 aliphatic rings. The molecule has 2 aromatic rings. The number of nitrogens with one attached hydrogen (secondary N) is 2. The van der Waals surface area contributed by atoms with E-state index in [1.54, 1.807) is 36.7 Å². The summed E-state index contributed by atoms with van der Waals surface area (Å²) in [5.74, 6) is 0.698. The van der Waals surface area contributed by atoms with Gasteiger partial charge in [0.25, 0.3) is 5.91 Å². The number of carbonyl (C=O) groups is 1. The number of halogens is 1. The predicted octanol–water partition coefficient (Wildman–Crippen LogP) is 1.29. The maximum Gasteiger partial charge on any atom is 0.265 e. The number of amides is 1. The Bertz CT molecular complexity index is 616. The standard InChI is InChI=1S/C13H12FN3O.CBN/c14-12-3-1-2-10(8-12)9-16-17-13(18)11-4-6-15-7-5-11;2-1-3/h1-8,16H,9H2,(H,17,18);. The van der Waals surface area contributed by atoms with Gasteiger partial charge in [0, 0.05) is 24.5 Å². The van der Waals surface area contributed by atoms with Gasteiger partial charge in [-0.2, -0.15) is 0 Å². The molecule has 0 unspecified atom stereocenters. The maximum atomic E-state index is 12.9. The van der Waals surface area contributed by atoms with Crippen LogP contribution in [0.4, 0.5) is 4.39 Å². The van der Waals surface area contributed by atoms with Crippen molar-refractivity contribution in [3.8, 4) is 5.97 Å². The van der Waals surface area contributed by atoms with Gasteiger partial charge >= 0.3 is 0 Å². The second-order valence-corrected chi connectivity index (χ2v) is 3.80. The minimum Gasteiger partial charge on any atom is -0.287 e. The van der Waals surface area contributed by atoms with Gasteiger partial charge < -0.3 is 0 Å². The van der Waals surface area contributed by atoms with Crippen LogP contribution in [-0.2, 0) is 6.54 Å². The number of benzene rings is 1. The van der Waals surface area contributed by atoms with Crippen molar-refractivity contribution >= 4 is 13.8 Å². The highest BCUT2D eigenvalue weighted by Gasteiger charge is 2.03. The van der Waals surface area contributed by atoms with Crippen molar-refractivity contribution in [1.29, 1.82) is 5.26 Å². The van der Waals surface area contributed by atoms with Gasteiger partial charge in [0.2, 0.25) is 7.85 Å². The molecule has 0 atom stereocenters. The van der Waals surface area contributed by atoms with E-state index in [0.29, 0.717) is 12.1 Å². The summed E-state index contributed by atoms with van der Waals surface area (Å²) in [5, 5.41) is 7.10. The fraction of sp³-hybridized carbons (Fsp3) is 0.0714. The Balaban J connectivity index is 0.000000677. The maximum absolute atomic E-state index is 12.9. The first kappa shape index (κ1) is 16.3. The lowest BCUT2D eigenvalue weighted by Gasteiger charge is -2.07. The Hall–Kier alpha value is -2.72. The normalized spacial score (nSPS) is 8.95. The van der Waals surface area contributed by atoms with Gasteiger partial charge in [-0.3, -0.25) is 15.2 Å². The topological polar surface area (TPSA) is 77.8 Å². The van der Waals surface area contributed by atoms with Crippen LogP contribution in [0.1, 0.15) is 15.9 Å². The number of hydrogen-bond acceptors (Lipinski definition) is 4. The Morgan fingerprint density at radius 2 is 2.00 bits per heavy atom. The monoisotopic (exact) mass is 282 g/mol. The molecular formula is C14H12BFN4O. The fourth-order valence-corrected chi connectivity index (χ4v) is 1.45. The van der Waals surface area contributed by atoms with Gasteiger partial charge in [-0.1, -0.05) is 12.1 Å². The highest BCUT2D eigenvalue weighted by Crippen LogP contribution is 2.02. The minimum atomic E-state index is -0.297. The number of rotatable bonds is 4. The van der Waals surface area contributed by atoms with Gasteiger partial charge in [0.05, 0.1) is 0 Å². The Morgan fingerprint density at radius 1 is 1.33 bits per heavy atom. The van der Waals surface area contributed by atoms with E-state index in [-0.39, 0.29) is 11.7 Å². The zero-order valence-electron chi connectivity index (χ0n) is 11.1. The van der Waals surface area contributed by atoms with Crippen LogP contribution in [0.5, 0.6) is 0 Å². The Morgan fingerprint density at radius 3 is 2.62 bits per heavy atom. The van der Waals surface area contributed by atoms with Gasteiger partial charge in [-0.15, -0.1) is 0 Å². The number of hydrogen-bond donors (Lipinski definition) is 2. The minimum absolute atomic E-state index is 0.256. The average molecular weight is 282 g/mol. The summed E-state index contributed by atoms with van der Waals surface area (Å²) in [6.45, 7) is 0.356. The molecule has 2 rings (SSSR count). The molecule has 0 fully saturated rings. The molecule has 104 valence electrons. The van der Waals surface area contributed by atoms with E-state index >= 15 is 0 Å². The summed E-state index contributed by atoms with van der Waals surface area (Å²) in [5.41, 5.74) is 6.53. The molecule has 1 aromatic carbocycles. The average Bonchev–Trinajstić information content (AvgIpc) is 2.49. The summed E-state index contributed by atoms with van der Waals surface area (Å²) in [6.07, 6.45) is 3.09. The lowest BCUT2D eigenvalue weighted by Crippen LogP contribution is -2.36. The van der Waals surface area contributed by atoms with Crippen LogP contribution < -0.4 is 10.9 Å². The third kappa shape index (κ3) is 6.32. The largest absolute Gasteiger partial charge is 0.287 e. The number of pyridine rings is 1. The number of aromatic nitrogens is 1. The van der Waals surface area contributed by atoms with E-state index in [1.165, 1.54) is 18.1 Å². The zero-order chi connectivity index (χ0) is 15.5. The first-order valence-corrected chi connectivity index (χ1v) is 5.94. The molecule has 7 heteroatoms. The van der Waals surface area contributed by atoms with Crippen molar-refractivity contribution in [3.63, 3.8) is 0 Å². The molecule has 2 radical (unpaired) electrons. The number of nitriles is 1. The molecule has 0 aliphatic heterocycles. The second-order valence-electron chi connectivity index (χ2n) is 3.80. The van der Waals surface area contributed by atoms with Crippen molar-refractivity contribution in [1.82, 2.24) is 15.8 Å². The molecule has 1 aromatic heterocycles.